The predicted octanol–water partition coefficient (Wildman–Crippen LogP) is 1.07. The number of hydrogen-bond donors (Lipinski definition) is 2. The van der Waals surface area contributed by atoms with Crippen molar-refractivity contribution in [3.63, 3.8) is 0 Å². The highest BCUT2D eigenvalue weighted by Gasteiger charge is 2.03. The fraction of sp³-hybridized carbons (Fsp3) is 0.700. The maximum atomic E-state index is 5.09. The van der Waals surface area contributed by atoms with Gasteiger partial charge < -0.3 is 15.2 Å². The van der Waals surface area contributed by atoms with Crippen molar-refractivity contribution in [1.29, 1.82) is 0 Å². The number of hydrogen-bond acceptors (Lipinski definition) is 4. The number of nitrogens with one attached hydrogen (secondary N) is 2. The Labute approximate surface area is 85.1 Å². The van der Waals surface area contributed by atoms with Crippen LogP contribution in [0.1, 0.15) is 25.3 Å². The molecule has 1 rings (SSSR count). The van der Waals surface area contributed by atoms with Gasteiger partial charge in [0, 0.05) is 18.7 Å². The van der Waals surface area contributed by atoms with Gasteiger partial charge in [-0.1, -0.05) is 12.1 Å². The molecule has 0 radical (unpaired) electrons. The lowest BCUT2D eigenvalue weighted by atomic mass is 10.3. The lowest BCUT2D eigenvalue weighted by Crippen LogP contribution is -2.35. The average Bonchev–Trinajstić information content (AvgIpc) is 2.58. The number of likely N-dealkylation sites (N-methyl/N-ethyl adjacent to an activating group) is 1. The van der Waals surface area contributed by atoms with Crippen LogP contribution in [-0.2, 0) is 6.54 Å². The van der Waals surface area contributed by atoms with Crippen LogP contribution in [0.3, 0.4) is 0 Å². The minimum absolute atomic E-state index is 0.445. The first-order valence-electron chi connectivity index (χ1n) is 5.08. The molecule has 4 nitrogen and oxygen atoms in total. The van der Waals surface area contributed by atoms with E-state index in [1.807, 2.05) is 13.0 Å². The number of aryl methyl sites for hydroxylation is 1. The fourth-order valence-corrected chi connectivity index (χ4v) is 1.21. The molecule has 1 aromatic rings. The van der Waals surface area contributed by atoms with E-state index in [4.69, 9.17) is 4.52 Å². The second-order valence-electron chi connectivity index (χ2n) is 3.52. The molecule has 0 aliphatic rings. The topological polar surface area (TPSA) is 50.1 Å². The quantitative estimate of drug-likeness (QED) is 0.716. The first-order chi connectivity index (χ1) is 6.72. The van der Waals surface area contributed by atoms with Gasteiger partial charge in [-0.25, -0.2) is 0 Å². The van der Waals surface area contributed by atoms with Crippen LogP contribution in [0.25, 0.3) is 0 Å². The summed E-state index contributed by atoms with van der Waals surface area (Å²) in [6.45, 7) is 8.90. The summed E-state index contributed by atoms with van der Waals surface area (Å²) in [5, 5.41) is 10.5. The second-order valence-corrected chi connectivity index (χ2v) is 3.52. The van der Waals surface area contributed by atoms with E-state index in [1.54, 1.807) is 0 Å². The third kappa shape index (κ3) is 3.89. The third-order valence-corrected chi connectivity index (χ3v) is 2.00. The third-order valence-electron chi connectivity index (χ3n) is 2.00. The first-order valence-corrected chi connectivity index (χ1v) is 5.08. The van der Waals surface area contributed by atoms with E-state index in [0.717, 1.165) is 31.1 Å². The van der Waals surface area contributed by atoms with Gasteiger partial charge in [0.25, 0.3) is 0 Å². The van der Waals surface area contributed by atoms with Crippen LogP contribution >= 0.6 is 0 Å². The Bertz CT molecular complexity index is 260. The molecule has 0 aromatic carbocycles. The highest BCUT2D eigenvalue weighted by Crippen LogP contribution is 2.01. The maximum Gasteiger partial charge on any atom is 0.150 e. The van der Waals surface area contributed by atoms with Gasteiger partial charge in [-0.05, 0) is 20.4 Å². The maximum absolute atomic E-state index is 5.09. The van der Waals surface area contributed by atoms with Crippen molar-refractivity contribution >= 4 is 0 Å². The zero-order valence-electron chi connectivity index (χ0n) is 9.13. The molecule has 14 heavy (non-hydrogen) atoms. The van der Waals surface area contributed by atoms with Crippen molar-refractivity contribution in [2.75, 3.05) is 13.1 Å². The van der Waals surface area contributed by atoms with Crippen LogP contribution in [0.4, 0.5) is 0 Å². The molecule has 4 heteroatoms. The van der Waals surface area contributed by atoms with E-state index >= 15 is 0 Å². The lowest BCUT2D eigenvalue weighted by molar-refractivity contribution is 0.360. The Morgan fingerprint density at radius 2 is 2.36 bits per heavy atom. The summed E-state index contributed by atoms with van der Waals surface area (Å²) < 4.78 is 5.09. The van der Waals surface area contributed by atoms with Crippen LogP contribution in [-0.4, -0.2) is 24.3 Å². The summed E-state index contributed by atoms with van der Waals surface area (Å²) in [6, 6.07) is 2.40. The molecular weight excluding hydrogens is 178 g/mol. The van der Waals surface area contributed by atoms with Gasteiger partial charge in [-0.3, -0.25) is 0 Å². The minimum atomic E-state index is 0.445. The molecule has 0 bridgehead atoms. The molecule has 0 aliphatic carbocycles. The summed E-state index contributed by atoms with van der Waals surface area (Å²) >= 11 is 0. The van der Waals surface area contributed by atoms with E-state index < -0.39 is 0 Å². The summed E-state index contributed by atoms with van der Waals surface area (Å²) in [7, 11) is 0. The van der Waals surface area contributed by atoms with Crippen LogP contribution in [0.15, 0.2) is 10.6 Å². The highest BCUT2D eigenvalue weighted by atomic mass is 16.5. The second kappa shape index (κ2) is 5.78. The number of aromatic nitrogens is 1. The van der Waals surface area contributed by atoms with Gasteiger partial charge in [0.05, 0.1) is 12.2 Å². The van der Waals surface area contributed by atoms with Gasteiger partial charge in [0.1, 0.15) is 0 Å². The average molecular weight is 197 g/mol. The molecule has 0 spiro atoms. The molecule has 0 saturated heterocycles. The molecule has 0 aliphatic heterocycles. The molecule has 1 unspecified atom stereocenters. The Kier molecular flexibility index (Phi) is 4.62. The van der Waals surface area contributed by atoms with Gasteiger partial charge >= 0.3 is 0 Å². The van der Waals surface area contributed by atoms with Crippen molar-refractivity contribution in [3.8, 4) is 0 Å². The molecular formula is C10H19N3O. The zero-order valence-corrected chi connectivity index (χ0v) is 9.13. The van der Waals surface area contributed by atoms with Crippen molar-refractivity contribution in [3.05, 3.63) is 17.5 Å². The summed E-state index contributed by atoms with van der Waals surface area (Å²) in [6.07, 6.45) is 0. The van der Waals surface area contributed by atoms with E-state index in [0.29, 0.717) is 6.04 Å². The molecule has 0 amide bonds. The van der Waals surface area contributed by atoms with Gasteiger partial charge in [0.2, 0.25) is 0 Å². The fourth-order valence-electron chi connectivity index (χ4n) is 1.21. The summed E-state index contributed by atoms with van der Waals surface area (Å²) in [4.78, 5) is 0. The first kappa shape index (κ1) is 11.2. The van der Waals surface area contributed by atoms with Gasteiger partial charge in [0.15, 0.2) is 5.76 Å². The molecule has 1 heterocycles. The predicted molar refractivity (Wildman–Crippen MR) is 56.1 cm³/mol. The van der Waals surface area contributed by atoms with E-state index in [2.05, 4.69) is 29.6 Å². The number of rotatable bonds is 6. The molecule has 1 atom stereocenters. The number of nitrogens with zero attached hydrogens (tertiary/aromatic N) is 1. The Morgan fingerprint density at radius 1 is 1.57 bits per heavy atom. The standard InChI is InChI=1S/C10H19N3O/c1-4-11-6-9(3)12-7-10-5-8(2)13-14-10/h5,9,11-12H,4,6-7H2,1-3H3. The van der Waals surface area contributed by atoms with Crippen molar-refractivity contribution in [2.45, 2.75) is 33.4 Å². The molecule has 0 saturated carbocycles. The van der Waals surface area contributed by atoms with Crippen LogP contribution in [0.2, 0.25) is 0 Å². The lowest BCUT2D eigenvalue weighted by Gasteiger charge is -2.12. The molecule has 0 fully saturated rings. The smallest absolute Gasteiger partial charge is 0.150 e. The highest BCUT2D eigenvalue weighted by molar-refractivity contribution is 5.02. The molecule has 1 aromatic heterocycles. The van der Waals surface area contributed by atoms with Crippen molar-refractivity contribution < 1.29 is 4.52 Å². The minimum Gasteiger partial charge on any atom is -0.360 e. The van der Waals surface area contributed by atoms with Gasteiger partial charge in [-0.2, -0.15) is 0 Å². The Balaban J connectivity index is 2.20. The summed E-state index contributed by atoms with van der Waals surface area (Å²) in [5.41, 5.74) is 0.932. The van der Waals surface area contributed by atoms with E-state index in [1.165, 1.54) is 0 Å². The van der Waals surface area contributed by atoms with Crippen LogP contribution < -0.4 is 10.6 Å². The monoisotopic (exact) mass is 197 g/mol. The zero-order chi connectivity index (χ0) is 10.4. The Hall–Kier alpha value is -0.870. The Morgan fingerprint density at radius 3 is 2.93 bits per heavy atom. The SMILES string of the molecule is CCNCC(C)NCc1cc(C)no1. The van der Waals surface area contributed by atoms with Crippen molar-refractivity contribution in [2.24, 2.45) is 0 Å². The van der Waals surface area contributed by atoms with Crippen LogP contribution in [0, 0.1) is 6.92 Å². The van der Waals surface area contributed by atoms with Crippen LogP contribution in [0.5, 0.6) is 0 Å². The van der Waals surface area contributed by atoms with Gasteiger partial charge in [-0.15, -0.1) is 0 Å². The summed E-state index contributed by atoms with van der Waals surface area (Å²) in [5.74, 6) is 0.894. The molecule has 2 N–H and O–H groups in total. The van der Waals surface area contributed by atoms with Crippen molar-refractivity contribution in [1.82, 2.24) is 15.8 Å². The van der Waals surface area contributed by atoms with E-state index in [9.17, 15) is 0 Å². The molecule has 80 valence electrons. The largest absolute Gasteiger partial charge is 0.360 e. The normalized spacial score (nSPS) is 13.1. The van der Waals surface area contributed by atoms with E-state index in [-0.39, 0.29) is 0 Å².